The van der Waals surface area contributed by atoms with E-state index in [1.807, 2.05) is 0 Å². The molecular formula is C17H18N2O6. The third-order valence-electron chi connectivity index (χ3n) is 4.44. The molecule has 0 unspecified atom stereocenters. The molecule has 2 aliphatic heterocycles. The minimum atomic E-state index is -0.788. The van der Waals surface area contributed by atoms with Gasteiger partial charge in [-0.3, -0.25) is 9.59 Å². The molecule has 0 aromatic carbocycles. The minimum absolute atomic E-state index is 0.0721. The summed E-state index contributed by atoms with van der Waals surface area (Å²) < 4.78 is 21.8. The second-order valence-corrected chi connectivity index (χ2v) is 6.19. The van der Waals surface area contributed by atoms with Gasteiger partial charge in [0.05, 0.1) is 44.5 Å². The van der Waals surface area contributed by atoms with Crippen LogP contribution in [0.1, 0.15) is 10.6 Å². The van der Waals surface area contributed by atoms with Crippen molar-refractivity contribution in [2.45, 2.75) is 5.60 Å². The molecule has 2 aromatic heterocycles. The van der Waals surface area contributed by atoms with Crippen LogP contribution in [-0.4, -0.2) is 61.8 Å². The summed E-state index contributed by atoms with van der Waals surface area (Å²) in [6.07, 6.45) is 4.50. The lowest BCUT2D eigenvalue weighted by atomic mass is 10.0. The van der Waals surface area contributed by atoms with E-state index in [0.717, 1.165) is 0 Å². The molecule has 0 aliphatic carbocycles. The van der Waals surface area contributed by atoms with Crippen molar-refractivity contribution < 1.29 is 27.9 Å². The highest BCUT2D eigenvalue weighted by molar-refractivity contribution is 5.95. The number of morpholine rings is 1. The summed E-state index contributed by atoms with van der Waals surface area (Å²) in [4.78, 5) is 28.1. The number of carbonyl (C=O) groups is 2. The normalized spacial score (nSPS) is 24.6. The number of carbonyl (C=O) groups excluding carboxylic acids is 2. The van der Waals surface area contributed by atoms with E-state index >= 15 is 0 Å². The fourth-order valence-corrected chi connectivity index (χ4v) is 3.18. The zero-order valence-electron chi connectivity index (χ0n) is 13.6. The van der Waals surface area contributed by atoms with Crippen molar-refractivity contribution in [1.29, 1.82) is 0 Å². The average Bonchev–Trinajstić information content (AvgIpc) is 3.30. The molecule has 4 rings (SSSR count). The number of furan rings is 2. The van der Waals surface area contributed by atoms with Crippen LogP contribution < -0.4 is 4.90 Å². The van der Waals surface area contributed by atoms with Gasteiger partial charge in [-0.2, -0.15) is 0 Å². The third-order valence-corrected chi connectivity index (χ3v) is 4.44. The number of rotatable bonds is 2. The molecule has 2 saturated heterocycles. The molecule has 4 heterocycles. The summed E-state index contributed by atoms with van der Waals surface area (Å²) in [6, 6.07) is 5.03. The van der Waals surface area contributed by atoms with Crippen LogP contribution in [0.2, 0.25) is 0 Å². The number of hydrogen-bond donors (Lipinski definition) is 0. The Morgan fingerprint density at radius 3 is 2.88 bits per heavy atom. The molecule has 2 aromatic rings. The monoisotopic (exact) mass is 346 g/mol. The van der Waals surface area contributed by atoms with E-state index in [1.54, 1.807) is 28.0 Å². The largest absolute Gasteiger partial charge is 0.470 e. The first-order valence-electron chi connectivity index (χ1n) is 8.04. The Balaban J connectivity index is 1.57. The van der Waals surface area contributed by atoms with Crippen LogP contribution in [0.5, 0.6) is 0 Å². The van der Waals surface area contributed by atoms with E-state index in [1.165, 1.54) is 18.8 Å². The molecular weight excluding hydrogens is 328 g/mol. The van der Waals surface area contributed by atoms with Crippen molar-refractivity contribution >= 4 is 17.5 Å². The second-order valence-electron chi connectivity index (χ2n) is 6.19. The minimum Gasteiger partial charge on any atom is -0.470 e. The summed E-state index contributed by atoms with van der Waals surface area (Å²) in [5.74, 6) is -0.0963. The molecule has 8 heteroatoms. The first-order valence-corrected chi connectivity index (χ1v) is 8.04. The Morgan fingerprint density at radius 2 is 2.12 bits per heavy atom. The second kappa shape index (κ2) is 6.38. The van der Waals surface area contributed by atoms with Gasteiger partial charge < -0.3 is 28.1 Å². The van der Waals surface area contributed by atoms with Gasteiger partial charge in [-0.1, -0.05) is 0 Å². The molecule has 25 heavy (non-hydrogen) atoms. The Morgan fingerprint density at radius 1 is 1.20 bits per heavy atom. The van der Waals surface area contributed by atoms with E-state index in [2.05, 4.69) is 0 Å². The zero-order valence-corrected chi connectivity index (χ0v) is 13.6. The molecule has 0 saturated carbocycles. The van der Waals surface area contributed by atoms with E-state index in [4.69, 9.17) is 18.3 Å². The van der Waals surface area contributed by atoms with Gasteiger partial charge in [0.15, 0.2) is 5.76 Å². The summed E-state index contributed by atoms with van der Waals surface area (Å²) in [6.45, 7) is 1.66. The Bertz CT molecular complexity index is 741. The zero-order chi connectivity index (χ0) is 17.3. The van der Waals surface area contributed by atoms with Gasteiger partial charge >= 0.3 is 0 Å². The summed E-state index contributed by atoms with van der Waals surface area (Å²) in [7, 11) is 0. The van der Waals surface area contributed by atoms with Crippen LogP contribution in [0, 0.1) is 0 Å². The van der Waals surface area contributed by atoms with E-state index in [0.29, 0.717) is 32.0 Å². The Hall–Kier alpha value is -2.58. The molecule has 0 N–H and O–H groups in total. The van der Waals surface area contributed by atoms with E-state index in [9.17, 15) is 9.59 Å². The maximum Gasteiger partial charge on any atom is 0.289 e. The van der Waals surface area contributed by atoms with Crippen LogP contribution in [0.15, 0.2) is 45.8 Å². The van der Waals surface area contributed by atoms with Crippen LogP contribution in [0.4, 0.5) is 5.69 Å². The molecule has 8 nitrogen and oxygen atoms in total. The number of anilines is 1. The van der Waals surface area contributed by atoms with Crippen LogP contribution in [-0.2, 0) is 14.3 Å². The number of nitrogens with zero attached hydrogens (tertiary/aromatic N) is 2. The number of hydrogen-bond acceptors (Lipinski definition) is 6. The quantitative estimate of drug-likeness (QED) is 0.811. The first kappa shape index (κ1) is 15.9. The Labute approximate surface area is 143 Å². The standard InChI is InChI=1S/C17H18N2O6/c20-15-9-25-17(11-19(15)13-3-6-22-8-13)10-18(4-7-23-12-17)16(21)14-2-1-5-24-14/h1-3,5-6,8H,4,7,9-12H2/t17-/m1/s1. The van der Waals surface area contributed by atoms with Gasteiger partial charge in [-0.15, -0.1) is 0 Å². The third kappa shape index (κ3) is 3.06. The molecule has 0 bridgehead atoms. The van der Waals surface area contributed by atoms with Crippen molar-refractivity contribution in [3.8, 4) is 0 Å². The summed E-state index contributed by atoms with van der Waals surface area (Å²) in [5, 5.41) is 0. The van der Waals surface area contributed by atoms with Crippen molar-refractivity contribution in [3.05, 3.63) is 42.7 Å². The first-order chi connectivity index (χ1) is 12.2. The molecule has 0 radical (unpaired) electrons. The van der Waals surface area contributed by atoms with E-state index in [-0.39, 0.29) is 30.7 Å². The molecule has 1 spiro atoms. The highest BCUT2D eigenvalue weighted by Crippen LogP contribution is 2.28. The number of amides is 2. The Kier molecular flexibility index (Phi) is 4.06. The maximum atomic E-state index is 12.6. The molecule has 2 fully saturated rings. The van der Waals surface area contributed by atoms with Gasteiger partial charge in [0.2, 0.25) is 0 Å². The summed E-state index contributed by atoms with van der Waals surface area (Å²) in [5.41, 5.74) is -0.120. The predicted octanol–water partition coefficient (Wildman–Crippen LogP) is 1.15. The predicted molar refractivity (Wildman–Crippen MR) is 85.2 cm³/mol. The van der Waals surface area contributed by atoms with Gasteiger partial charge in [-0.25, -0.2) is 0 Å². The van der Waals surface area contributed by atoms with Crippen LogP contribution in [0.25, 0.3) is 0 Å². The van der Waals surface area contributed by atoms with Crippen LogP contribution in [0.3, 0.4) is 0 Å². The molecule has 2 aliphatic rings. The lowest BCUT2D eigenvalue weighted by Gasteiger charge is -2.42. The maximum absolute atomic E-state index is 12.6. The summed E-state index contributed by atoms with van der Waals surface area (Å²) >= 11 is 0. The van der Waals surface area contributed by atoms with Gasteiger partial charge in [0.25, 0.3) is 11.8 Å². The fourth-order valence-electron chi connectivity index (χ4n) is 3.18. The molecule has 132 valence electrons. The lowest BCUT2D eigenvalue weighted by molar-refractivity contribution is -0.145. The van der Waals surface area contributed by atoms with Crippen molar-refractivity contribution in [1.82, 2.24) is 4.90 Å². The van der Waals surface area contributed by atoms with Crippen molar-refractivity contribution in [3.63, 3.8) is 0 Å². The molecule has 2 amide bonds. The van der Waals surface area contributed by atoms with E-state index < -0.39 is 5.60 Å². The van der Waals surface area contributed by atoms with Gasteiger partial charge in [0, 0.05) is 12.6 Å². The van der Waals surface area contributed by atoms with Crippen molar-refractivity contribution in [2.75, 3.05) is 44.4 Å². The number of ether oxygens (including phenoxy) is 2. The highest BCUT2D eigenvalue weighted by Gasteiger charge is 2.44. The van der Waals surface area contributed by atoms with Crippen molar-refractivity contribution in [2.24, 2.45) is 0 Å². The smallest absolute Gasteiger partial charge is 0.289 e. The topological polar surface area (TPSA) is 85.4 Å². The van der Waals surface area contributed by atoms with Crippen LogP contribution >= 0.6 is 0 Å². The fraction of sp³-hybridized carbons (Fsp3) is 0.412. The average molecular weight is 346 g/mol. The lowest BCUT2D eigenvalue weighted by Crippen LogP contribution is -2.61. The van der Waals surface area contributed by atoms with Gasteiger partial charge in [0.1, 0.15) is 18.5 Å². The SMILES string of the molecule is O=C(c1ccco1)N1CCOC[C@@]2(C1)CN(c1ccoc1)C(=O)CO2. The van der Waals surface area contributed by atoms with Gasteiger partial charge in [-0.05, 0) is 12.1 Å². The molecule has 1 atom stereocenters. The highest BCUT2D eigenvalue weighted by atomic mass is 16.6.